The quantitative estimate of drug-likeness (QED) is 0.270. The first kappa shape index (κ1) is 23.5. The van der Waals surface area contributed by atoms with Crippen molar-refractivity contribution in [3.05, 3.63) is 120 Å². The number of carbonyl (C=O) groups is 1. The summed E-state index contributed by atoms with van der Waals surface area (Å²) < 4.78 is 11.8. The molecule has 0 fully saturated rings. The molecule has 1 aromatic heterocycles. The third kappa shape index (κ3) is 4.62. The number of methoxy groups -OCH3 is 1. The number of nitrogens with zero attached hydrogens (tertiary/aromatic N) is 1. The van der Waals surface area contributed by atoms with Gasteiger partial charge >= 0.3 is 0 Å². The first-order valence-electron chi connectivity index (χ1n) is 12.5. The highest BCUT2D eigenvalue weighted by atomic mass is 16.5. The molecule has 1 amide bonds. The number of ether oxygens (including phenoxy) is 2. The number of anilines is 1. The van der Waals surface area contributed by atoms with E-state index in [1.807, 2.05) is 103 Å². The summed E-state index contributed by atoms with van der Waals surface area (Å²) in [6, 6.07) is 35.9. The van der Waals surface area contributed by atoms with E-state index in [-0.39, 0.29) is 12.3 Å². The number of rotatable bonds is 6. The normalized spacial score (nSPS) is 12.1. The average Bonchev–Trinajstić information content (AvgIpc) is 3.12. The summed E-state index contributed by atoms with van der Waals surface area (Å²) >= 11 is 0. The van der Waals surface area contributed by atoms with Gasteiger partial charge in [0.1, 0.15) is 6.61 Å². The Morgan fingerprint density at radius 2 is 1.50 bits per heavy atom. The molecule has 5 nitrogen and oxygen atoms in total. The lowest BCUT2D eigenvalue weighted by atomic mass is 9.92. The molecular formula is C33H26N2O3. The summed E-state index contributed by atoms with van der Waals surface area (Å²) in [5.41, 5.74) is 8.15. The number of benzene rings is 4. The maximum atomic E-state index is 13.0. The van der Waals surface area contributed by atoms with Crippen LogP contribution in [0.3, 0.4) is 0 Å². The molecule has 38 heavy (non-hydrogen) atoms. The van der Waals surface area contributed by atoms with Crippen LogP contribution in [0, 0.1) is 0 Å². The number of para-hydroxylation sites is 1. The second kappa shape index (κ2) is 10.2. The number of nitrogens with one attached hydrogen (secondary N) is 1. The van der Waals surface area contributed by atoms with Gasteiger partial charge in [0.25, 0.3) is 0 Å². The predicted octanol–water partition coefficient (Wildman–Crippen LogP) is 7.16. The van der Waals surface area contributed by atoms with E-state index in [9.17, 15) is 4.79 Å². The van der Waals surface area contributed by atoms with Crippen LogP contribution in [0.4, 0.5) is 5.69 Å². The minimum Gasteiger partial charge on any atom is -0.493 e. The molecule has 0 aliphatic carbocycles. The van der Waals surface area contributed by atoms with E-state index in [0.717, 1.165) is 50.5 Å². The molecule has 6 rings (SSSR count). The highest BCUT2D eigenvalue weighted by molar-refractivity contribution is 6.02. The van der Waals surface area contributed by atoms with E-state index in [2.05, 4.69) is 11.4 Å². The van der Waals surface area contributed by atoms with Crippen LogP contribution >= 0.6 is 0 Å². The first-order valence-corrected chi connectivity index (χ1v) is 12.5. The van der Waals surface area contributed by atoms with Gasteiger partial charge in [-0.2, -0.15) is 0 Å². The fourth-order valence-electron chi connectivity index (χ4n) is 4.83. The number of pyridine rings is 1. The number of aromatic nitrogens is 1. The standard InChI is InChI=1S/C33H26N2O3/c1-37-31-18-24(16-17-30(31)38-21-22-10-4-2-5-11-22)26-19-29(23-12-6-3-7-13-23)35-33-25-14-8-9-15-28(25)34-32(36)20-27(26)33/h2-19H,20-21H2,1H3,(H,34,36). The average molecular weight is 499 g/mol. The smallest absolute Gasteiger partial charge is 0.228 e. The summed E-state index contributed by atoms with van der Waals surface area (Å²) in [4.78, 5) is 18.0. The van der Waals surface area contributed by atoms with E-state index in [4.69, 9.17) is 14.5 Å². The fraction of sp³-hybridized carbons (Fsp3) is 0.0909. The van der Waals surface area contributed by atoms with Gasteiger partial charge in [-0.15, -0.1) is 0 Å². The third-order valence-electron chi connectivity index (χ3n) is 6.70. The first-order chi connectivity index (χ1) is 18.7. The Bertz CT molecular complexity index is 1620. The number of carbonyl (C=O) groups excluding carboxylic acids is 1. The van der Waals surface area contributed by atoms with Crippen LogP contribution in [-0.2, 0) is 17.8 Å². The van der Waals surface area contributed by atoms with E-state index in [0.29, 0.717) is 18.1 Å². The molecule has 4 aromatic carbocycles. The van der Waals surface area contributed by atoms with Gasteiger partial charge in [-0.05, 0) is 46.5 Å². The van der Waals surface area contributed by atoms with Gasteiger partial charge in [-0.25, -0.2) is 4.98 Å². The molecule has 0 bridgehead atoms. The topological polar surface area (TPSA) is 60.5 Å². The van der Waals surface area contributed by atoms with E-state index >= 15 is 0 Å². The molecule has 0 saturated heterocycles. The molecule has 0 spiro atoms. The zero-order chi connectivity index (χ0) is 25.9. The number of hydrogen-bond acceptors (Lipinski definition) is 4. The summed E-state index contributed by atoms with van der Waals surface area (Å²) in [6.45, 7) is 0.441. The maximum Gasteiger partial charge on any atom is 0.228 e. The minimum atomic E-state index is -0.0681. The van der Waals surface area contributed by atoms with Gasteiger partial charge < -0.3 is 14.8 Å². The molecule has 186 valence electrons. The van der Waals surface area contributed by atoms with Crippen LogP contribution in [0.15, 0.2) is 109 Å². The maximum absolute atomic E-state index is 13.0. The largest absolute Gasteiger partial charge is 0.493 e. The SMILES string of the molecule is COc1cc(-c2cc(-c3ccccc3)nc3c2CC(=O)Nc2ccccc2-3)ccc1OCc1ccccc1. The second-order valence-corrected chi connectivity index (χ2v) is 9.16. The molecular weight excluding hydrogens is 472 g/mol. The Hall–Kier alpha value is -4.90. The molecule has 0 atom stereocenters. The van der Waals surface area contributed by atoms with Crippen molar-refractivity contribution in [3.63, 3.8) is 0 Å². The minimum absolute atomic E-state index is 0.0681. The highest BCUT2D eigenvalue weighted by Gasteiger charge is 2.25. The highest BCUT2D eigenvalue weighted by Crippen LogP contribution is 2.41. The van der Waals surface area contributed by atoms with Crippen molar-refractivity contribution in [2.75, 3.05) is 12.4 Å². The predicted molar refractivity (Wildman–Crippen MR) is 150 cm³/mol. The molecule has 5 heteroatoms. The zero-order valence-corrected chi connectivity index (χ0v) is 21.0. The number of hydrogen-bond donors (Lipinski definition) is 1. The van der Waals surface area contributed by atoms with Crippen molar-refractivity contribution in [1.29, 1.82) is 0 Å². The van der Waals surface area contributed by atoms with Gasteiger partial charge in [0.2, 0.25) is 5.91 Å². The van der Waals surface area contributed by atoms with Crippen molar-refractivity contribution in [2.24, 2.45) is 0 Å². The Morgan fingerprint density at radius 1 is 0.763 bits per heavy atom. The number of amides is 1. The van der Waals surface area contributed by atoms with Crippen LogP contribution in [-0.4, -0.2) is 18.0 Å². The van der Waals surface area contributed by atoms with Gasteiger partial charge in [0.05, 0.1) is 30.6 Å². The molecule has 1 aliphatic rings. The molecule has 1 aliphatic heterocycles. The lowest BCUT2D eigenvalue weighted by molar-refractivity contribution is -0.115. The van der Waals surface area contributed by atoms with Crippen LogP contribution in [0.5, 0.6) is 11.5 Å². The second-order valence-electron chi connectivity index (χ2n) is 9.16. The Kier molecular flexibility index (Phi) is 6.32. The van der Waals surface area contributed by atoms with Crippen molar-refractivity contribution in [3.8, 4) is 45.1 Å². The Labute approximate surface area is 221 Å². The van der Waals surface area contributed by atoms with Crippen LogP contribution in [0.1, 0.15) is 11.1 Å². The Balaban J connectivity index is 1.49. The molecule has 0 saturated carbocycles. The van der Waals surface area contributed by atoms with Crippen molar-refractivity contribution < 1.29 is 14.3 Å². The lowest BCUT2D eigenvalue weighted by Crippen LogP contribution is -2.13. The summed E-state index contributed by atoms with van der Waals surface area (Å²) in [6.07, 6.45) is 0.218. The van der Waals surface area contributed by atoms with Crippen molar-refractivity contribution >= 4 is 11.6 Å². The monoisotopic (exact) mass is 498 g/mol. The molecule has 5 aromatic rings. The van der Waals surface area contributed by atoms with Crippen LogP contribution in [0.2, 0.25) is 0 Å². The third-order valence-corrected chi connectivity index (χ3v) is 6.70. The van der Waals surface area contributed by atoms with Crippen LogP contribution < -0.4 is 14.8 Å². The zero-order valence-electron chi connectivity index (χ0n) is 21.0. The molecule has 1 N–H and O–H groups in total. The summed E-state index contributed by atoms with van der Waals surface area (Å²) in [7, 11) is 1.64. The number of fused-ring (bicyclic) bond motifs is 3. The molecule has 2 heterocycles. The van der Waals surface area contributed by atoms with Crippen molar-refractivity contribution in [2.45, 2.75) is 13.0 Å². The fourth-order valence-corrected chi connectivity index (χ4v) is 4.83. The molecule has 0 unspecified atom stereocenters. The van der Waals surface area contributed by atoms with Gasteiger partial charge in [-0.1, -0.05) is 84.9 Å². The lowest BCUT2D eigenvalue weighted by Gasteiger charge is -2.17. The van der Waals surface area contributed by atoms with Gasteiger partial charge in [-0.3, -0.25) is 4.79 Å². The van der Waals surface area contributed by atoms with Gasteiger partial charge in [0, 0.05) is 11.1 Å². The van der Waals surface area contributed by atoms with E-state index in [1.165, 1.54) is 0 Å². The van der Waals surface area contributed by atoms with E-state index < -0.39 is 0 Å². The summed E-state index contributed by atoms with van der Waals surface area (Å²) in [5, 5.41) is 3.05. The van der Waals surface area contributed by atoms with Crippen molar-refractivity contribution in [1.82, 2.24) is 4.98 Å². The molecule has 0 radical (unpaired) electrons. The van der Waals surface area contributed by atoms with Gasteiger partial charge in [0.15, 0.2) is 11.5 Å². The summed E-state index contributed by atoms with van der Waals surface area (Å²) in [5.74, 6) is 1.22. The Morgan fingerprint density at radius 3 is 2.29 bits per heavy atom. The van der Waals surface area contributed by atoms with E-state index in [1.54, 1.807) is 7.11 Å². The van der Waals surface area contributed by atoms with Crippen LogP contribution in [0.25, 0.3) is 33.6 Å².